The van der Waals surface area contributed by atoms with Crippen molar-refractivity contribution in [2.75, 3.05) is 13.2 Å². The van der Waals surface area contributed by atoms with Gasteiger partial charge in [0.1, 0.15) is 11.5 Å². The molecule has 0 saturated carbocycles. The lowest BCUT2D eigenvalue weighted by molar-refractivity contribution is -0.120. The lowest BCUT2D eigenvalue weighted by Gasteiger charge is -2.10. The first-order valence-corrected chi connectivity index (χ1v) is 9.97. The zero-order valence-electron chi connectivity index (χ0n) is 17.5. The molecule has 1 aromatic carbocycles. The number of imidazole rings is 1. The maximum atomic E-state index is 13.7. The second kappa shape index (κ2) is 9.18. The Morgan fingerprint density at radius 1 is 1.24 bits per heavy atom. The number of halogens is 1. The minimum Gasteiger partial charge on any atom is -0.379 e. The summed E-state index contributed by atoms with van der Waals surface area (Å²) >= 11 is 0. The number of hydrogen-bond donors (Lipinski definition) is 1. The van der Waals surface area contributed by atoms with Crippen LogP contribution < -0.4 is 5.32 Å². The predicted octanol–water partition coefficient (Wildman–Crippen LogP) is 4.23. The SMILES string of the molecule is Cc1ccc2nc(-c3ccc(F)c(C)c3)c(CC(=O)NCCCOC(C)C)n2c1. The number of aryl methyl sites for hydroxylation is 2. The molecule has 1 N–H and O–H groups in total. The van der Waals surface area contributed by atoms with Crippen molar-refractivity contribution < 1.29 is 13.9 Å². The predicted molar refractivity (Wildman–Crippen MR) is 112 cm³/mol. The fourth-order valence-corrected chi connectivity index (χ4v) is 3.23. The average Bonchev–Trinajstić information content (AvgIpc) is 3.01. The molecular formula is C23H28FN3O2. The van der Waals surface area contributed by atoms with Crippen molar-refractivity contribution in [1.29, 1.82) is 0 Å². The smallest absolute Gasteiger partial charge is 0.226 e. The zero-order valence-corrected chi connectivity index (χ0v) is 17.5. The Kier molecular flexibility index (Phi) is 6.64. The van der Waals surface area contributed by atoms with Crippen LogP contribution in [0.15, 0.2) is 36.5 Å². The van der Waals surface area contributed by atoms with Gasteiger partial charge in [-0.05, 0) is 69.5 Å². The highest BCUT2D eigenvalue weighted by Gasteiger charge is 2.18. The number of carbonyl (C=O) groups is 1. The number of ether oxygens (including phenoxy) is 1. The minimum absolute atomic E-state index is 0.0714. The molecule has 154 valence electrons. The summed E-state index contributed by atoms with van der Waals surface area (Å²) in [6.07, 6.45) is 3.12. The first-order chi connectivity index (χ1) is 13.8. The number of rotatable bonds is 8. The number of carbonyl (C=O) groups excluding carboxylic acids is 1. The van der Waals surface area contributed by atoms with Gasteiger partial charge >= 0.3 is 0 Å². The van der Waals surface area contributed by atoms with Crippen LogP contribution in [0.5, 0.6) is 0 Å². The first kappa shape index (κ1) is 21.0. The van der Waals surface area contributed by atoms with E-state index in [1.807, 2.05) is 43.5 Å². The molecule has 3 aromatic rings. The molecule has 5 nitrogen and oxygen atoms in total. The Morgan fingerprint density at radius 3 is 2.76 bits per heavy atom. The molecule has 29 heavy (non-hydrogen) atoms. The van der Waals surface area contributed by atoms with Crippen molar-refractivity contribution in [3.8, 4) is 11.3 Å². The monoisotopic (exact) mass is 397 g/mol. The van der Waals surface area contributed by atoms with Crippen LogP contribution in [0.1, 0.15) is 37.1 Å². The van der Waals surface area contributed by atoms with Gasteiger partial charge < -0.3 is 14.5 Å². The molecule has 0 radical (unpaired) electrons. The standard InChI is InChI=1S/C23H28FN3O2/c1-15(2)29-11-5-10-25-22(28)13-20-23(18-7-8-19(24)17(4)12-18)26-21-9-6-16(3)14-27(20)21/h6-9,12,14-15H,5,10-11,13H2,1-4H3,(H,25,28). The molecule has 0 fully saturated rings. The molecular weight excluding hydrogens is 369 g/mol. The highest BCUT2D eigenvalue weighted by molar-refractivity contribution is 5.81. The van der Waals surface area contributed by atoms with Crippen LogP contribution in [0.2, 0.25) is 0 Å². The van der Waals surface area contributed by atoms with Crippen molar-refractivity contribution in [2.24, 2.45) is 0 Å². The fourth-order valence-electron chi connectivity index (χ4n) is 3.23. The summed E-state index contributed by atoms with van der Waals surface area (Å²) in [5, 5.41) is 2.95. The van der Waals surface area contributed by atoms with Crippen LogP contribution in [0.3, 0.4) is 0 Å². The van der Waals surface area contributed by atoms with Gasteiger partial charge in [0.25, 0.3) is 0 Å². The van der Waals surface area contributed by atoms with E-state index in [4.69, 9.17) is 9.72 Å². The number of hydrogen-bond acceptors (Lipinski definition) is 3. The van der Waals surface area contributed by atoms with Gasteiger partial charge in [0.15, 0.2) is 0 Å². The number of fused-ring (bicyclic) bond motifs is 1. The molecule has 2 heterocycles. The van der Waals surface area contributed by atoms with Gasteiger partial charge in [0.2, 0.25) is 5.91 Å². The van der Waals surface area contributed by atoms with E-state index in [1.165, 1.54) is 6.07 Å². The Balaban J connectivity index is 1.84. The van der Waals surface area contributed by atoms with E-state index in [2.05, 4.69) is 5.32 Å². The second-order valence-corrected chi connectivity index (χ2v) is 7.61. The van der Waals surface area contributed by atoms with Gasteiger partial charge in [-0.1, -0.05) is 6.07 Å². The van der Waals surface area contributed by atoms with Crippen LogP contribution in [0.25, 0.3) is 16.9 Å². The third-order valence-corrected chi connectivity index (χ3v) is 4.72. The number of amides is 1. The topological polar surface area (TPSA) is 55.6 Å². The summed E-state index contributed by atoms with van der Waals surface area (Å²) in [4.78, 5) is 17.3. The summed E-state index contributed by atoms with van der Waals surface area (Å²) in [6, 6.07) is 8.84. The number of pyridine rings is 1. The molecule has 0 saturated heterocycles. The van der Waals surface area contributed by atoms with Crippen LogP contribution in [-0.4, -0.2) is 34.5 Å². The normalized spacial score (nSPS) is 11.4. The van der Waals surface area contributed by atoms with Gasteiger partial charge in [-0.25, -0.2) is 9.37 Å². The van der Waals surface area contributed by atoms with E-state index in [0.29, 0.717) is 24.4 Å². The lowest BCUT2D eigenvalue weighted by atomic mass is 10.1. The number of benzene rings is 1. The third kappa shape index (κ3) is 5.21. The summed E-state index contributed by atoms with van der Waals surface area (Å²) in [6.45, 7) is 8.89. The summed E-state index contributed by atoms with van der Waals surface area (Å²) < 4.78 is 21.2. The number of nitrogens with zero attached hydrogens (tertiary/aromatic N) is 2. The van der Waals surface area contributed by atoms with Gasteiger partial charge in [0, 0.05) is 24.9 Å². The lowest BCUT2D eigenvalue weighted by Crippen LogP contribution is -2.27. The number of nitrogens with one attached hydrogen (secondary N) is 1. The van der Waals surface area contributed by atoms with Gasteiger partial charge in [-0.15, -0.1) is 0 Å². The van der Waals surface area contributed by atoms with Crippen molar-refractivity contribution in [3.05, 3.63) is 59.2 Å². The maximum Gasteiger partial charge on any atom is 0.226 e. The van der Waals surface area contributed by atoms with Gasteiger partial charge in [-0.2, -0.15) is 0 Å². The highest BCUT2D eigenvalue weighted by Crippen LogP contribution is 2.27. The summed E-state index contributed by atoms with van der Waals surface area (Å²) in [7, 11) is 0. The minimum atomic E-state index is -0.253. The van der Waals surface area contributed by atoms with Crippen LogP contribution in [0.4, 0.5) is 4.39 Å². The van der Waals surface area contributed by atoms with E-state index >= 15 is 0 Å². The Labute approximate surface area is 170 Å². The van der Waals surface area contributed by atoms with Crippen molar-refractivity contribution in [1.82, 2.24) is 14.7 Å². The van der Waals surface area contributed by atoms with Crippen LogP contribution >= 0.6 is 0 Å². The molecule has 0 bridgehead atoms. The van der Waals surface area contributed by atoms with E-state index in [9.17, 15) is 9.18 Å². The van der Waals surface area contributed by atoms with Crippen molar-refractivity contribution >= 4 is 11.6 Å². The summed E-state index contributed by atoms with van der Waals surface area (Å²) in [5.41, 5.74) is 4.70. The second-order valence-electron chi connectivity index (χ2n) is 7.61. The molecule has 3 rings (SSSR count). The quantitative estimate of drug-likeness (QED) is 0.579. The molecule has 2 aromatic heterocycles. The Morgan fingerprint density at radius 2 is 2.03 bits per heavy atom. The maximum absolute atomic E-state index is 13.7. The zero-order chi connectivity index (χ0) is 21.0. The molecule has 0 aliphatic carbocycles. The molecule has 0 unspecified atom stereocenters. The Bertz CT molecular complexity index is 1010. The number of aromatic nitrogens is 2. The van der Waals surface area contributed by atoms with Gasteiger partial charge in [0.05, 0.1) is 23.9 Å². The molecule has 0 aliphatic rings. The molecule has 6 heteroatoms. The van der Waals surface area contributed by atoms with Crippen LogP contribution in [-0.2, 0) is 16.0 Å². The van der Waals surface area contributed by atoms with E-state index in [0.717, 1.165) is 28.9 Å². The highest BCUT2D eigenvalue weighted by atomic mass is 19.1. The molecule has 0 atom stereocenters. The van der Waals surface area contributed by atoms with E-state index in [-0.39, 0.29) is 24.2 Å². The Hall–Kier alpha value is -2.73. The fraction of sp³-hybridized carbons (Fsp3) is 0.391. The largest absolute Gasteiger partial charge is 0.379 e. The van der Waals surface area contributed by atoms with Gasteiger partial charge in [-0.3, -0.25) is 4.79 Å². The third-order valence-electron chi connectivity index (χ3n) is 4.72. The molecule has 1 amide bonds. The molecule has 0 aliphatic heterocycles. The van der Waals surface area contributed by atoms with Crippen LogP contribution in [0, 0.1) is 19.7 Å². The average molecular weight is 397 g/mol. The summed E-state index contributed by atoms with van der Waals surface area (Å²) in [5.74, 6) is -0.325. The first-order valence-electron chi connectivity index (χ1n) is 9.97. The van der Waals surface area contributed by atoms with E-state index in [1.54, 1.807) is 19.1 Å². The van der Waals surface area contributed by atoms with E-state index < -0.39 is 0 Å². The van der Waals surface area contributed by atoms with Crippen molar-refractivity contribution in [2.45, 2.75) is 46.6 Å². The molecule has 0 spiro atoms. The van der Waals surface area contributed by atoms with Crippen molar-refractivity contribution in [3.63, 3.8) is 0 Å².